The first-order chi connectivity index (χ1) is 13.6. The lowest BCUT2D eigenvalue weighted by molar-refractivity contribution is -0.114. The highest BCUT2D eigenvalue weighted by atomic mass is 16.1. The summed E-state index contributed by atoms with van der Waals surface area (Å²) < 4.78 is 0. The lowest BCUT2D eigenvalue weighted by Crippen LogP contribution is -2.36. The number of aromatic amines is 1. The summed E-state index contributed by atoms with van der Waals surface area (Å²) in [5, 5.41) is 6.29. The van der Waals surface area contributed by atoms with Crippen LogP contribution in [0.2, 0.25) is 0 Å². The molecule has 1 amide bonds. The van der Waals surface area contributed by atoms with E-state index in [2.05, 4.69) is 84.2 Å². The zero-order chi connectivity index (χ0) is 23.3. The van der Waals surface area contributed by atoms with E-state index in [0.29, 0.717) is 11.5 Å². The Balaban J connectivity index is 3.28. The molecular formula is C24H39N5O. The van der Waals surface area contributed by atoms with Crippen molar-refractivity contribution in [3.05, 3.63) is 54.8 Å². The van der Waals surface area contributed by atoms with Crippen molar-refractivity contribution in [3.8, 4) is 0 Å². The minimum absolute atomic E-state index is 0.152. The Morgan fingerprint density at radius 2 is 1.77 bits per heavy atom. The van der Waals surface area contributed by atoms with E-state index in [0.717, 1.165) is 17.9 Å². The minimum atomic E-state index is -0.383. The number of imidazole rings is 1. The molecule has 0 aliphatic rings. The molecule has 0 unspecified atom stereocenters. The highest BCUT2D eigenvalue weighted by Gasteiger charge is 2.31. The van der Waals surface area contributed by atoms with Crippen LogP contribution >= 0.6 is 0 Å². The van der Waals surface area contributed by atoms with Gasteiger partial charge in [0.05, 0.1) is 11.3 Å². The molecule has 6 heteroatoms. The van der Waals surface area contributed by atoms with Crippen LogP contribution in [0.1, 0.15) is 73.3 Å². The average Bonchev–Trinajstić information content (AvgIpc) is 2.93. The number of hydrogen-bond donors (Lipinski definition) is 4. The van der Waals surface area contributed by atoms with Crippen LogP contribution in [0.5, 0.6) is 0 Å². The fraction of sp³-hybridized carbons (Fsp3) is 0.500. The second-order valence-corrected chi connectivity index (χ2v) is 10.5. The maximum absolute atomic E-state index is 12.7. The Bertz CT molecular complexity index is 842. The molecular weight excluding hydrogens is 374 g/mol. The Kier molecular flexibility index (Phi) is 7.89. The van der Waals surface area contributed by atoms with Gasteiger partial charge in [-0.15, -0.1) is 0 Å². The van der Waals surface area contributed by atoms with Gasteiger partial charge in [-0.05, 0) is 31.8 Å². The highest BCUT2D eigenvalue weighted by molar-refractivity contribution is 6.19. The summed E-state index contributed by atoms with van der Waals surface area (Å²) in [7, 11) is 0. The summed E-state index contributed by atoms with van der Waals surface area (Å²) in [6.45, 7) is 24.7. The van der Waals surface area contributed by atoms with E-state index in [9.17, 15) is 4.79 Å². The summed E-state index contributed by atoms with van der Waals surface area (Å²) in [4.78, 5) is 20.8. The summed E-state index contributed by atoms with van der Waals surface area (Å²) in [6, 6.07) is 0. The number of hydrogen-bond acceptors (Lipinski definition) is 4. The Labute approximate surface area is 181 Å². The molecule has 0 radical (unpaired) electrons. The molecule has 30 heavy (non-hydrogen) atoms. The fourth-order valence-corrected chi connectivity index (χ4v) is 3.53. The zero-order valence-corrected chi connectivity index (χ0v) is 19.9. The number of anilines is 1. The van der Waals surface area contributed by atoms with Gasteiger partial charge in [-0.1, -0.05) is 66.9 Å². The number of nitrogens with one attached hydrogen (secondary N) is 3. The van der Waals surface area contributed by atoms with Gasteiger partial charge < -0.3 is 21.4 Å². The van der Waals surface area contributed by atoms with Gasteiger partial charge in [0, 0.05) is 22.9 Å². The van der Waals surface area contributed by atoms with Crippen molar-refractivity contribution in [2.45, 2.75) is 72.8 Å². The first-order valence-electron chi connectivity index (χ1n) is 10.2. The summed E-state index contributed by atoms with van der Waals surface area (Å²) in [5.74, 6) is 0.754. The summed E-state index contributed by atoms with van der Waals surface area (Å²) in [6.07, 6.45) is 7.16. The van der Waals surface area contributed by atoms with Crippen molar-refractivity contribution in [2.24, 2.45) is 11.1 Å². The number of carbonyl (C=O) groups is 1. The van der Waals surface area contributed by atoms with Crippen LogP contribution in [-0.4, -0.2) is 21.4 Å². The van der Waals surface area contributed by atoms with Gasteiger partial charge in [0.2, 0.25) is 0 Å². The van der Waals surface area contributed by atoms with Gasteiger partial charge in [0.1, 0.15) is 11.6 Å². The first kappa shape index (κ1) is 25.3. The molecule has 0 atom stereocenters. The molecule has 0 saturated heterocycles. The molecule has 1 rings (SSSR count). The number of rotatable bonds is 8. The molecule has 5 N–H and O–H groups in total. The lowest BCUT2D eigenvalue weighted by atomic mass is 9.81. The van der Waals surface area contributed by atoms with Crippen LogP contribution in [0, 0.1) is 5.41 Å². The number of aromatic nitrogens is 2. The number of nitrogens with two attached hydrogens (primary N) is 1. The Morgan fingerprint density at radius 3 is 2.23 bits per heavy atom. The molecule has 6 nitrogen and oxygen atoms in total. The van der Waals surface area contributed by atoms with Crippen LogP contribution in [0.25, 0.3) is 5.57 Å². The molecule has 0 bridgehead atoms. The second kappa shape index (κ2) is 9.37. The van der Waals surface area contributed by atoms with Crippen molar-refractivity contribution < 1.29 is 4.79 Å². The molecule has 0 spiro atoms. The van der Waals surface area contributed by atoms with Crippen molar-refractivity contribution in [1.82, 2.24) is 15.3 Å². The minimum Gasteiger partial charge on any atom is -0.404 e. The third-order valence-electron chi connectivity index (χ3n) is 4.26. The number of nitrogens with zero attached hydrogens (tertiary/aromatic N) is 1. The fourth-order valence-electron chi connectivity index (χ4n) is 3.53. The van der Waals surface area contributed by atoms with E-state index in [1.54, 1.807) is 18.2 Å². The molecule has 0 aromatic carbocycles. The number of H-pyrrole nitrogens is 1. The molecule has 0 aliphatic heterocycles. The molecule has 0 aliphatic carbocycles. The van der Waals surface area contributed by atoms with E-state index < -0.39 is 0 Å². The summed E-state index contributed by atoms with van der Waals surface area (Å²) in [5.41, 5.74) is 7.14. The topological polar surface area (TPSA) is 95.8 Å². The molecule has 1 aromatic rings. The number of amides is 1. The Hall–Kier alpha value is -2.76. The standard InChI is InChI=1S/C24H39N5O/c1-11-12-13-16(2)26-21(30)17(14-25)19-27-18(23(6,7)8)20(28-19)29-24(9,10)15-22(3,4)5/h11-14,29H,1-2,15,25H2,3-10H3,(H,26,30)(H,27,28)/b13-12-,17-14+. The van der Waals surface area contributed by atoms with E-state index >= 15 is 0 Å². The van der Waals surface area contributed by atoms with Crippen LogP contribution in [0.15, 0.2) is 43.3 Å². The number of carbonyl (C=O) groups excluding carboxylic acids is 1. The zero-order valence-electron chi connectivity index (χ0n) is 19.9. The van der Waals surface area contributed by atoms with E-state index in [1.165, 1.54) is 6.20 Å². The highest BCUT2D eigenvalue weighted by Crippen LogP contribution is 2.34. The van der Waals surface area contributed by atoms with Gasteiger partial charge in [0.15, 0.2) is 0 Å². The second-order valence-electron chi connectivity index (χ2n) is 10.5. The average molecular weight is 414 g/mol. The number of allylic oxidation sites excluding steroid dienone is 3. The molecule has 0 fully saturated rings. The van der Waals surface area contributed by atoms with Crippen molar-refractivity contribution in [3.63, 3.8) is 0 Å². The maximum atomic E-state index is 12.7. The van der Waals surface area contributed by atoms with E-state index in [-0.39, 0.29) is 27.8 Å². The predicted molar refractivity (Wildman–Crippen MR) is 128 cm³/mol. The first-order valence-corrected chi connectivity index (χ1v) is 10.2. The predicted octanol–water partition coefficient (Wildman–Crippen LogP) is 5.01. The van der Waals surface area contributed by atoms with Gasteiger partial charge >= 0.3 is 0 Å². The van der Waals surface area contributed by atoms with Crippen LogP contribution in [0.4, 0.5) is 5.82 Å². The van der Waals surface area contributed by atoms with Gasteiger partial charge in [-0.25, -0.2) is 4.98 Å². The quantitative estimate of drug-likeness (QED) is 0.356. The smallest absolute Gasteiger partial charge is 0.260 e. The van der Waals surface area contributed by atoms with Crippen molar-refractivity contribution in [2.75, 3.05) is 5.32 Å². The summed E-state index contributed by atoms with van der Waals surface area (Å²) >= 11 is 0. The van der Waals surface area contributed by atoms with Crippen LogP contribution in [-0.2, 0) is 10.2 Å². The van der Waals surface area contributed by atoms with Gasteiger partial charge in [-0.3, -0.25) is 4.79 Å². The molecule has 1 aromatic heterocycles. The molecule has 0 saturated carbocycles. The molecule has 1 heterocycles. The third kappa shape index (κ3) is 7.58. The van der Waals surface area contributed by atoms with Gasteiger partial charge in [0.25, 0.3) is 5.91 Å². The maximum Gasteiger partial charge on any atom is 0.260 e. The third-order valence-corrected chi connectivity index (χ3v) is 4.26. The Morgan fingerprint density at radius 1 is 1.17 bits per heavy atom. The van der Waals surface area contributed by atoms with E-state index in [4.69, 9.17) is 10.7 Å². The van der Waals surface area contributed by atoms with Crippen LogP contribution in [0.3, 0.4) is 0 Å². The molecule has 166 valence electrons. The van der Waals surface area contributed by atoms with Gasteiger partial charge in [-0.2, -0.15) is 0 Å². The normalized spacial score (nSPS) is 13.4. The lowest BCUT2D eigenvalue weighted by Gasteiger charge is -2.34. The SMILES string of the molecule is C=C/C=C\C(=C)NC(=O)/C(=C/N)c1nc(NC(C)(C)CC(C)(C)C)c(C(C)(C)C)[nH]1. The van der Waals surface area contributed by atoms with E-state index in [1.807, 2.05) is 0 Å². The largest absolute Gasteiger partial charge is 0.404 e. The van der Waals surface area contributed by atoms with Crippen molar-refractivity contribution in [1.29, 1.82) is 0 Å². The van der Waals surface area contributed by atoms with Crippen LogP contribution < -0.4 is 16.4 Å². The van der Waals surface area contributed by atoms with Crippen molar-refractivity contribution >= 4 is 17.3 Å². The monoisotopic (exact) mass is 413 g/mol.